The highest BCUT2D eigenvalue weighted by molar-refractivity contribution is 5.83. The van der Waals surface area contributed by atoms with Gasteiger partial charge in [0.15, 0.2) is 18.0 Å². The number of ether oxygens (including phenoxy) is 1. The van der Waals surface area contributed by atoms with Gasteiger partial charge >= 0.3 is 11.9 Å². The summed E-state index contributed by atoms with van der Waals surface area (Å²) in [5.41, 5.74) is 2.10. The van der Waals surface area contributed by atoms with Gasteiger partial charge < -0.3 is 34.3 Å². The Kier molecular flexibility index (Phi) is 7.77. The van der Waals surface area contributed by atoms with Crippen LogP contribution < -0.4 is 0 Å². The molecule has 0 fully saturated rings. The fourth-order valence-corrected chi connectivity index (χ4v) is 2.25. The van der Waals surface area contributed by atoms with E-state index in [1.807, 2.05) is 30.6 Å². The van der Waals surface area contributed by atoms with E-state index in [4.69, 9.17) is 29.7 Å². The molecule has 0 aliphatic carbocycles. The summed E-state index contributed by atoms with van der Waals surface area (Å²) in [7, 11) is 1.60. The molecule has 3 aromatic rings. The van der Waals surface area contributed by atoms with Gasteiger partial charge in [-0.2, -0.15) is 4.98 Å². The summed E-state index contributed by atoms with van der Waals surface area (Å²) >= 11 is 0. The summed E-state index contributed by atoms with van der Waals surface area (Å²) in [5, 5.41) is 36.4. The molecule has 2 atom stereocenters. The van der Waals surface area contributed by atoms with Crippen LogP contribution in [0.5, 0.6) is 0 Å². The largest absolute Gasteiger partial charge is 0.479 e. The lowest BCUT2D eigenvalue weighted by molar-refractivity contribution is -0.165. The quantitative estimate of drug-likeness (QED) is 0.383. The van der Waals surface area contributed by atoms with Gasteiger partial charge in [0.05, 0.1) is 17.4 Å². The van der Waals surface area contributed by atoms with Crippen LogP contribution in [0.15, 0.2) is 35.1 Å². The Balaban J connectivity index is 0.000000257. The zero-order valence-corrected chi connectivity index (χ0v) is 15.4. The number of aromatic nitrogens is 4. The van der Waals surface area contributed by atoms with Gasteiger partial charge in [0, 0.05) is 20.1 Å². The molecular weight excluding hydrogens is 388 g/mol. The molecule has 0 amide bonds. The van der Waals surface area contributed by atoms with Crippen molar-refractivity contribution in [1.82, 2.24) is 19.7 Å². The van der Waals surface area contributed by atoms with Gasteiger partial charge in [-0.05, 0) is 12.1 Å². The summed E-state index contributed by atoms with van der Waals surface area (Å²) in [5.74, 6) is -2.34. The number of carbonyl (C=O) groups is 2. The molecule has 12 nitrogen and oxygen atoms in total. The molecule has 1 aromatic carbocycles. The van der Waals surface area contributed by atoms with Crippen LogP contribution in [-0.2, 0) is 33.9 Å². The number of hydrogen-bond acceptors (Lipinski definition) is 9. The van der Waals surface area contributed by atoms with Gasteiger partial charge in [-0.1, -0.05) is 17.3 Å². The fraction of sp³-hybridized carbons (Fsp3) is 0.353. The molecule has 4 N–H and O–H groups in total. The van der Waals surface area contributed by atoms with Crippen molar-refractivity contribution in [3.05, 3.63) is 42.3 Å². The standard InChI is InChI=1S/C13H14N4O2.C4H6O6/c1-18-8-12-15-13(19-16-12)6-7-17-9-14-10-4-2-3-5-11(10)17;5-1(3(7)8)2(6)4(9)10/h2-5,9H,6-8H2,1H3;1-2,5-6H,(H,7,8)(H,9,10). The third-order valence-electron chi connectivity index (χ3n) is 3.68. The minimum Gasteiger partial charge on any atom is -0.479 e. The second kappa shape index (κ2) is 10.3. The van der Waals surface area contributed by atoms with Crippen molar-refractivity contribution < 1.29 is 39.3 Å². The number of methoxy groups -OCH3 is 1. The van der Waals surface area contributed by atoms with Crippen molar-refractivity contribution in [2.45, 2.75) is 31.8 Å². The number of imidazole rings is 1. The summed E-state index contributed by atoms with van der Waals surface area (Å²) in [6, 6.07) is 8.03. The van der Waals surface area contributed by atoms with E-state index in [1.165, 1.54) is 0 Å². The fourth-order valence-electron chi connectivity index (χ4n) is 2.25. The molecule has 0 saturated carbocycles. The molecule has 2 unspecified atom stereocenters. The Morgan fingerprint density at radius 2 is 1.83 bits per heavy atom. The average Bonchev–Trinajstić information content (AvgIpc) is 3.32. The van der Waals surface area contributed by atoms with Crippen LogP contribution in [0.2, 0.25) is 0 Å². The van der Waals surface area contributed by atoms with Gasteiger partial charge in [0.2, 0.25) is 5.89 Å². The first-order valence-electron chi connectivity index (χ1n) is 8.35. The first kappa shape index (κ1) is 21.9. The number of benzene rings is 1. The minimum atomic E-state index is -2.27. The Bertz CT molecular complexity index is 936. The van der Waals surface area contributed by atoms with E-state index in [2.05, 4.69) is 19.7 Å². The number of hydrogen-bond donors (Lipinski definition) is 4. The number of aryl methyl sites for hydroxylation is 2. The highest BCUT2D eigenvalue weighted by atomic mass is 16.5. The number of rotatable bonds is 8. The zero-order chi connectivity index (χ0) is 21.4. The molecule has 2 heterocycles. The van der Waals surface area contributed by atoms with E-state index in [-0.39, 0.29) is 0 Å². The van der Waals surface area contributed by atoms with Gasteiger partial charge in [-0.3, -0.25) is 0 Å². The monoisotopic (exact) mass is 408 g/mol. The van der Waals surface area contributed by atoms with E-state index in [1.54, 1.807) is 7.11 Å². The van der Waals surface area contributed by atoms with E-state index in [9.17, 15) is 9.59 Å². The molecule has 2 aromatic heterocycles. The molecule has 0 aliphatic rings. The van der Waals surface area contributed by atoms with Crippen molar-refractivity contribution >= 4 is 23.0 Å². The number of nitrogens with zero attached hydrogens (tertiary/aromatic N) is 4. The summed E-state index contributed by atoms with van der Waals surface area (Å²) < 4.78 is 12.2. The molecule has 156 valence electrons. The van der Waals surface area contributed by atoms with Crippen LogP contribution >= 0.6 is 0 Å². The molecular formula is C17H20N4O8. The number of aliphatic hydroxyl groups excluding tert-OH is 2. The van der Waals surface area contributed by atoms with Crippen LogP contribution in [0.3, 0.4) is 0 Å². The second-order valence-electron chi connectivity index (χ2n) is 5.78. The van der Waals surface area contributed by atoms with Gasteiger partial charge in [-0.15, -0.1) is 0 Å². The van der Waals surface area contributed by atoms with Gasteiger partial charge in [0.25, 0.3) is 0 Å². The summed E-state index contributed by atoms with van der Waals surface area (Å²) in [6.45, 7) is 1.13. The van der Waals surface area contributed by atoms with Crippen LogP contribution in [0.25, 0.3) is 11.0 Å². The molecule has 3 rings (SSSR count). The summed E-state index contributed by atoms with van der Waals surface area (Å²) in [6.07, 6.45) is -2.02. The normalized spacial score (nSPS) is 12.8. The third-order valence-corrected chi connectivity index (χ3v) is 3.68. The van der Waals surface area contributed by atoms with E-state index >= 15 is 0 Å². The molecule has 12 heteroatoms. The maximum absolute atomic E-state index is 9.77. The van der Waals surface area contributed by atoms with Crippen molar-refractivity contribution in [3.8, 4) is 0 Å². The Labute approximate surface area is 164 Å². The predicted molar refractivity (Wildman–Crippen MR) is 95.7 cm³/mol. The van der Waals surface area contributed by atoms with E-state index in [0.29, 0.717) is 24.7 Å². The number of carboxylic acids is 2. The predicted octanol–water partition coefficient (Wildman–Crippen LogP) is -0.314. The number of carboxylic acid groups (broad SMARTS) is 2. The maximum Gasteiger partial charge on any atom is 0.335 e. The maximum atomic E-state index is 9.77. The van der Waals surface area contributed by atoms with Gasteiger partial charge in [-0.25, -0.2) is 14.6 Å². The number of aliphatic carboxylic acids is 2. The van der Waals surface area contributed by atoms with E-state index in [0.717, 1.165) is 17.6 Å². The Morgan fingerprint density at radius 1 is 1.17 bits per heavy atom. The minimum absolute atomic E-state index is 0.373. The number of para-hydroxylation sites is 2. The number of fused-ring (bicyclic) bond motifs is 1. The van der Waals surface area contributed by atoms with Crippen LogP contribution in [0.1, 0.15) is 11.7 Å². The van der Waals surface area contributed by atoms with Gasteiger partial charge in [0.1, 0.15) is 6.61 Å². The molecule has 0 radical (unpaired) electrons. The molecule has 0 bridgehead atoms. The van der Waals surface area contributed by atoms with Crippen LogP contribution in [0, 0.1) is 0 Å². The zero-order valence-electron chi connectivity index (χ0n) is 15.4. The highest BCUT2D eigenvalue weighted by Gasteiger charge is 2.29. The molecule has 0 spiro atoms. The first-order chi connectivity index (χ1) is 13.8. The third kappa shape index (κ3) is 6.07. The number of aliphatic hydroxyl groups is 2. The molecule has 0 aliphatic heterocycles. The summed E-state index contributed by atoms with van der Waals surface area (Å²) in [4.78, 5) is 28.1. The first-order valence-corrected chi connectivity index (χ1v) is 8.35. The molecule has 0 saturated heterocycles. The van der Waals surface area contributed by atoms with E-state index < -0.39 is 24.1 Å². The van der Waals surface area contributed by atoms with Crippen molar-refractivity contribution in [3.63, 3.8) is 0 Å². The van der Waals surface area contributed by atoms with Crippen LogP contribution in [0.4, 0.5) is 0 Å². The Morgan fingerprint density at radius 3 is 2.45 bits per heavy atom. The van der Waals surface area contributed by atoms with Crippen molar-refractivity contribution in [1.29, 1.82) is 0 Å². The highest BCUT2D eigenvalue weighted by Crippen LogP contribution is 2.12. The second-order valence-corrected chi connectivity index (χ2v) is 5.78. The SMILES string of the molecule is COCc1noc(CCn2cnc3ccccc32)n1.O=C(O)C(O)C(O)C(=O)O. The lowest BCUT2D eigenvalue weighted by Gasteiger charge is -2.07. The average molecular weight is 408 g/mol. The lowest BCUT2D eigenvalue weighted by atomic mass is 10.2. The van der Waals surface area contributed by atoms with Crippen LogP contribution in [-0.4, -0.2) is 71.4 Å². The molecule has 29 heavy (non-hydrogen) atoms. The van der Waals surface area contributed by atoms with Crippen molar-refractivity contribution in [2.24, 2.45) is 0 Å². The Hall–Kier alpha value is -3.35. The topological polar surface area (TPSA) is 181 Å². The van der Waals surface area contributed by atoms with Crippen molar-refractivity contribution in [2.75, 3.05) is 7.11 Å². The smallest absolute Gasteiger partial charge is 0.335 e. The lowest BCUT2D eigenvalue weighted by Crippen LogP contribution is -2.39.